The summed E-state index contributed by atoms with van der Waals surface area (Å²) in [4.78, 5) is 11.9. The largest absolute Gasteiger partial charge is 0.506 e. The molecule has 0 saturated carbocycles. The molecule has 0 amide bonds. The summed E-state index contributed by atoms with van der Waals surface area (Å²) in [6, 6.07) is 10.7. The zero-order valence-electron chi connectivity index (χ0n) is 11.7. The van der Waals surface area contributed by atoms with Gasteiger partial charge in [-0.1, -0.05) is 25.1 Å². The molecule has 0 saturated heterocycles. The predicted molar refractivity (Wildman–Crippen MR) is 78.1 cm³/mol. The van der Waals surface area contributed by atoms with Gasteiger partial charge in [-0.25, -0.2) is 0 Å². The SMILES string of the molecule is CCC(C)NCc1nn(-c2ccccc2)c(=O)cc1O. The molecule has 0 aliphatic carbocycles. The first kappa shape index (κ1) is 14.3. The van der Waals surface area contributed by atoms with E-state index in [4.69, 9.17) is 0 Å². The van der Waals surface area contributed by atoms with E-state index in [9.17, 15) is 9.90 Å². The first-order valence-corrected chi connectivity index (χ1v) is 6.73. The average Bonchev–Trinajstić information content (AvgIpc) is 2.47. The van der Waals surface area contributed by atoms with Crippen LogP contribution in [0.3, 0.4) is 0 Å². The van der Waals surface area contributed by atoms with Crippen molar-refractivity contribution < 1.29 is 5.11 Å². The minimum atomic E-state index is -0.346. The Morgan fingerprint density at radius 3 is 2.70 bits per heavy atom. The van der Waals surface area contributed by atoms with Gasteiger partial charge in [-0.2, -0.15) is 9.78 Å². The van der Waals surface area contributed by atoms with E-state index in [0.717, 1.165) is 6.42 Å². The molecule has 1 atom stereocenters. The van der Waals surface area contributed by atoms with Crippen LogP contribution in [-0.4, -0.2) is 20.9 Å². The molecule has 0 bridgehead atoms. The van der Waals surface area contributed by atoms with Crippen molar-refractivity contribution in [2.24, 2.45) is 0 Å². The number of nitrogens with zero attached hydrogens (tertiary/aromatic N) is 2. The smallest absolute Gasteiger partial charge is 0.275 e. The van der Waals surface area contributed by atoms with E-state index in [1.807, 2.05) is 18.2 Å². The standard InChI is InChI=1S/C15H19N3O2/c1-3-11(2)16-10-13-14(19)9-15(20)18(17-13)12-7-5-4-6-8-12/h4-9,11,16,19H,3,10H2,1-2H3. The van der Waals surface area contributed by atoms with Gasteiger partial charge < -0.3 is 10.4 Å². The number of aromatic nitrogens is 2. The van der Waals surface area contributed by atoms with E-state index < -0.39 is 0 Å². The number of benzene rings is 1. The molecule has 1 unspecified atom stereocenters. The second-order valence-corrected chi connectivity index (χ2v) is 4.75. The van der Waals surface area contributed by atoms with Gasteiger partial charge >= 0.3 is 0 Å². The molecule has 2 N–H and O–H groups in total. The Morgan fingerprint density at radius 2 is 2.05 bits per heavy atom. The third-order valence-electron chi connectivity index (χ3n) is 3.22. The molecule has 0 spiro atoms. The topological polar surface area (TPSA) is 67.2 Å². The van der Waals surface area contributed by atoms with Crippen molar-refractivity contribution in [2.75, 3.05) is 0 Å². The van der Waals surface area contributed by atoms with Crippen LogP contribution < -0.4 is 10.9 Å². The van der Waals surface area contributed by atoms with Crippen LogP contribution in [0.2, 0.25) is 0 Å². The summed E-state index contributed by atoms with van der Waals surface area (Å²) in [5.74, 6) is -0.0713. The Morgan fingerprint density at radius 1 is 1.35 bits per heavy atom. The highest BCUT2D eigenvalue weighted by molar-refractivity contribution is 5.32. The Kier molecular flexibility index (Phi) is 4.53. The zero-order valence-corrected chi connectivity index (χ0v) is 11.7. The Hall–Kier alpha value is -2.14. The second-order valence-electron chi connectivity index (χ2n) is 4.75. The van der Waals surface area contributed by atoms with Crippen molar-refractivity contribution in [1.29, 1.82) is 0 Å². The van der Waals surface area contributed by atoms with Crippen molar-refractivity contribution in [2.45, 2.75) is 32.9 Å². The lowest BCUT2D eigenvalue weighted by Crippen LogP contribution is -2.28. The van der Waals surface area contributed by atoms with Gasteiger partial charge in [-0.15, -0.1) is 0 Å². The Bertz CT molecular complexity index is 623. The highest BCUT2D eigenvalue weighted by Crippen LogP contribution is 2.12. The van der Waals surface area contributed by atoms with Crippen LogP contribution in [0, 0.1) is 0 Å². The third-order valence-corrected chi connectivity index (χ3v) is 3.22. The van der Waals surface area contributed by atoms with Crippen molar-refractivity contribution in [3.05, 3.63) is 52.4 Å². The van der Waals surface area contributed by atoms with Gasteiger partial charge in [0.2, 0.25) is 0 Å². The summed E-state index contributed by atoms with van der Waals surface area (Å²) in [6.45, 7) is 4.56. The summed E-state index contributed by atoms with van der Waals surface area (Å²) >= 11 is 0. The maximum atomic E-state index is 11.9. The van der Waals surface area contributed by atoms with Gasteiger partial charge in [0, 0.05) is 18.7 Å². The van der Waals surface area contributed by atoms with Crippen LogP contribution in [0.15, 0.2) is 41.2 Å². The van der Waals surface area contributed by atoms with Gasteiger partial charge in [0.05, 0.1) is 5.69 Å². The number of hydrogen-bond acceptors (Lipinski definition) is 4. The number of hydrogen-bond donors (Lipinski definition) is 2. The monoisotopic (exact) mass is 273 g/mol. The quantitative estimate of drug-likeness (QED) is 0.872. The van der Waals surface area contributed by atoms with E-state index in [2.05, 4.69) is 24.3 Å². The molecule has 1 aromatic carbocycles. The van der Waals surface area contributed by atoms with E-state index in [-0.39, 0.29) is 11.3 Å². The van der Waals surface area contributed by atoms with Gasteiger partial charge in [0.25, 0.3) is 5.56 Å². The lowest BCUT2D eigenvalue weighted by atomic mass is 10.2. The molecule has 106 valence electrons. The summed E-state index contributed by atoms with van der Waals surface area (Å²) < 4.78 is 1.30. The van der Waals surface area contributed by atoms with E-state index in [1.165, 1.54) is 10.7 Å². The first-order chi connectivity index (χ1) is 9.61. The molecular weight excluding hydrogens is 254 g/mol. The molecule has 1 heterocycles. The van der Waals surface area contributed by atoms with E-state index in [1.54, 1.807) is 12.1 Å². The van der Waals surface area contributed by atoms with Gasteiger partial charge in [-0.3, -0.25) is 4.79 Å². The van der Waals surface area contributed by atoms with Crippen molar-refractivity contribution >= 4 is 0 Å². The van der Waals surface area contributed by atoms with Gasteiger partial charge in [0.1, 0.15) is 11.4 Å². The normalized spacial score (nSPS) is 12.3. The van der Waals surface area contributed by atoms with E-state index >= 15 is 0 Å². The molecule has 2 aromatic rings. The Balaban J connectivity index is 2.33. The first-order valence-electron chi connectivity index (χ1n) is 6.73. The molecule has 5 heteroatoms. The van der Waals surface area contributed by atoms with Crippen LogP contribution in [0.1, 0.15) is 26.0 Å². The Labute approximate surface area is 117 Å². The number of nitrogens with one attached hydrogen (secondary N) is 1. The fraction of sp³-hybridized carbons (Fsp3) is 0.333. The third kappa shape index (κ3) is 3.24. The van der Waals surface area contributed by atoms with Crippen LogP contribution >= 0.6 is 0 Å². The highest BCUT2D eigenvalue weighted by Gasteiger charge is 2.10. The van der Waals surface area contributed by atoms with Crippen molar-refractivity contribution in [3.63, 3.8) is 0 Å². The predicted octanol–water partition coefficient (Wildman–Crippen LogP) is 1.83. The van der Waals surface area contributed by atoms with Crippen LogP contribution in [0.4, 0.5) is 0 Å². The van der Waals surface area contributed by atoms with Gasteiger partial charge in [0.15, 0.2) is 0 Å². The molecule has 0 fully saturated rings. The lowest BCUT2D eigenvalue weighted by molar-refractivity contribution is 0.443. The summed E-state index contributed by atoms with van der Waals surface area (Å²) in [5, 5.41) is 17.3. The summed E-state index contributed by atoms with van der Waals surface area (Å²) in [5.41, 5.74) is 0.803. The maximum Gasteiger partial charge on any atom is 0.275 e. The number of aromatic hydroxyl groups is 1. The minimum absolute atomic E-state index is 0.0713. The zero-order chi connectivity index (χ0) is 14.5. The fourth-order valence-electron chi connectivity index (χ4n) is 1.78. The van der Waals surface area contributed by atoms with Crippen LogP contribution in [0.25, 0.3) is 5.69 Å². The number of para-hydroxylation sites is 1. The van der Waals surface area contributed by atoms with Crippen LogP contribution in [-0.2, 0) is 6.54 Å². The molecule has 20 heavy (non-hydrogen) atoms. The lowest BCUT2D eigenvalue weighted by Gasteiger charge is -2.13. The van der Waals surface area contributed by atoms with E-state index in [0.29, 0.717) is 24.0 Å². The second kappa shape index (κ2) is 6.34. The molecule has 0 aliphatic heterocycles. The molecule has 0 radical (unpaired) electrons. The molecular formula is C15H19N3O2. The molecule has 2 rings (SSSR count). The molecule has 0 aliphatic rings. The number of rotatable bonds is 5. The average molecular weight is 273 g/mol. The highest BCUT2D eigenvalue weighted by atomic mass is 16.3. The van der Waals surface area contributed by atoms with Crippen molar-refractivity contribution in [3.8, 4) is 11.4 Å². The molecule has 1 aromatic heterocycles. The molecule has 5 nitrogen and oxygen atoms in total. The summed E-state index contributed by atoms with van der Waals surface area (Å²) in [6.07, 6.45) is 0.985. The van der Waals surface area contributed by atoms with Crippen molar-refractivity contribution in [1.82, 2.24) is 15.1 Å². The summed E-state index contributed by atoms with van der Waals surface area (Å²) in [7, 11) is 0. The minimum Gasteiger partial charge on any atom is -0.506 e. The fourth-order valence-corrected chi connectivity index (χ4v) is 1.78. The maximum absolute atomic E-state index is 11.9. The van der Waals surface area contributed by atoms with Gasteiger partial charge in [-0.05, 0) is 25.5 Å². The van der Waals surface area contributed by atoms with Crippen LogP contribution in [0.5, 0.6) is 5.75 Å².